The lowest BCUT2D eigenvalue weighted by Gasteiger charge is -2.37. The Morgan fingerprint density at radius 2 is 2.00 bits per heavy atom. The van der Waals surface area contributed by atoms with Crippen molar-refractivity contribution in [3.05, 3.63) is 0 Å². The number of hydrogen-bond acceptors (Lipinski definition) is 2. The van der Waals surface area contributed by atoms with Gasteiger partial charge in [0.25, 0.3) is 0 Å². The Bertz CT molecular complexity index is 302. The van der Waals surface area contributed by atoms with Crippen LogP contribution in [-0.2, 0) is 9.59 Å². The van der Waals surface area contributed by atoms with Gasteiger partial charge in [-0.25, -0.2) is 0 Å². The zero-order chi connectivity index (χ0) is 13.7. The maximum Gasteiger partial charge on any atom is 0.220 e. The molecule has 1 aliphatic heterocycles. The van der Waals surface area contributed by atoms with Crippen LogP contribution in [0.15, 0.2) is 0 Å². The number of nitrogens with zero attached hydrogens (tertiary/aromatic N) is 1. The molecule has 4 nitrogen and oxygen atoms in total. The smallest absolute Gasteiger partial charge is 0.220 e. The molecule has 1 rings (SSSR count). The highest BCUT2D eigenvalue weighted by molar-refractivity contribution is 5.76. The Kier molecular flexibility index (Phi) is 5.63. The first-order chi connectivity index (χ1) is 8.43. The average molecular weight is 254 g/mol. The number of amides is 2. The van der Waals surface area contributed by atoms with Crippen LogP contribution < -0.4 is 5.32 Å². The number of nitrogens with one attached hydrogen (secondary N) is 1. The Morgan fingerprint density at radius 3 is 2.50 bits per heavy atom. The summed E-state index contributed by atoms with van der Waals surface area (Å²) in [7, 11) is 0. The molecular formula is C14H26N2O2. The van der Waals surface area contributed by atoms with Crippen molar-refractivity contribution in [2.75, 3.05) is 13.1 Å². The summed E-state index contributed by atoms with van der Waals surface area (Å²) in [4.78, 5) is 25.1. The first-order valence-electron chi connectivity index (χ1n) is 6.98. The lowest BCUT2D eigenvalue weighted by atomic mass is 9.81. The zero-order valence-corrected chi connectivity index (χ0v) is 12.0. The highest BCUT2D eigenvalue weighted by Gasteiger charge is 2.30. The van der Waals surface area contributed by atoms with Gasteiger partial charge in [0.15, 0.2) is 0 Å². The summed E-state index contributed by atoms with van der Waals surface area (Å²) in [6.07, 6.45) is 2.58. The predicted molar refractivity (Wildman–Crippen MR) is 72.0 cm³/mol. The second-order valence-corrected chi connectivity index (χ2v) is 5.61. The van der Waals surface area contributed by atoms with Crippen LogP contribution in [0.2, 0.25) is 0 Å². The van der Waals surface area contributed by atoms with Gasteiger partial charge in [-0.1, -0.05) is 13.3 Å². The Balaban J connectivity index is 2.51. The highest BCUT2D eigenvalue weighted by Crippen LogP contribution is 2.28. The van der Waals surface area contributed by atoms with E-state index in [1.54, 1.807) is 6.92 Å². The molecule has 2 unspecified atom stereocenters. The standard InChI is InChI=1S/C14H26N2O2/c1-5-12-9-16(11(4)17)7-6-13(12)8-14(18)15-10(2)3/h10,12-13H,5-9H2,1-4H3,(H,15,18). The van der Waals surface area contributed by atoms with Crippen molar-refractivity contribution in [2.45, 2.75) is 53.0 Å². The van der Waals surface area contributed by atoms with Crippen molar-refractivity contribution in [1.82, 2.24) is 10.2 Å². The number of rotatable bonds is 4. The van der Waals surface area contributed by atoms with Crippen LogP contribution in [0.4, 0.5) is 0 Å². The quantitative estimate of drug-likeness (QED) is 0.831. The maximum atomic E-state index is 11.8. The minimum Gasteiger partial charge on any atom is -0.354 e. The molecule has 0 bridgehead atoms. The van der Waals surface area contributed by atoms with Gasteiger partial charge in [0.05, 0.1) is 0 Å². The van der Waals surface area contributed by atoms with Crippen molar-refractivity contribution in [3.8, 4) is 0 Å². The topological polar surface area (TPSA) is 49.4 Å². The fourth-order valence-corrected chi connectivity index (χ4v) is 2.72. The van der Waals surface area contributed by atoms with Crippen LogP contribution in [0.1, 0.15) is 47.0 Å². The van der Waals surface area contributed by atoms with Crippen LogP contribution in [0.25, 0.3) is 0 Å². The number of carbonyl (C=O) groups excluding carboxylic acids is 2. The summed E-state index contributed by atoms with van der Waals surface area (Å²) < 4.78 is 0. The summed E-state index contributed by atoms with van der Waals surface area (Å²) in [6, 6.07) is 0.204. The van der Waals surface area contributed by atoms with E-state index in [4.69, 9.17) is 0 Å². The Morgan fingerprint density at radius 1 is 1.33 bits per heavy atom. The first kappa shape index (κ1) is 15.0. The monoisotopic (exact) mass is 254 g/mol. The van der Waals surface area contributed by atoms with E-state index in [0.717, 1.165) is 25.9 Å². The molecule has 1 fully saturated rings. The van der Waals surface area contributed by atoms with E-state index in [9.17, 15) is 9.59 Å². The molecule has 1 aliphatic rings. The first-order valence-corrected chi connectivity index (χ1v) is 6.98. The molecule has 0 radical (unpaired) electrons. The summed E-state index contributed by atoms with van der Waals surface area (Å²) in [5, 5.41) is 2.95. The summed E-state index contributed by atoms with van der Waals surface area (Å²) in [5.74, 6) is 1.17. The lowest BCUT2D eigenvalue weighted by molar-refractivity contribution is -0.132. The molecule has 0 saturated carbocycles. The molecule has 104 valence electrons. The van der Waals surface area contributed by atoms with Gasteiger partial charge in [0.2, 0.25) is 11.8 Å². The largest absolute Gasteiger partial charge is 0.354 e. The lowest BCUT2D eigenvalue weighted by Crippen LogP contribution is -2.44. The van der Waals surface area contributed by atoms with Gasteiger partial charge in [0, 0.05) is 32.5 Å². The summed E-state index contributed by atoms with van der Waals surface area (Å²) in [5.41, 5.74) is 0. The maximum absolute atomic E-state index is 11.8. The van der Waals surface area contributed by atoms with Crippen LogP contribution in [0.3, 0.4) is 0 Å². The summed E-state index contributed by atoms with van der Waals surface area (Å²) >= 11 is 0. The summed E-state index contributed by atoms with van der Waals surface area (Å²) in [6.45, 7) is 9.33. The minimum absolute atomic E-state index is 0.143. The normalized spacial score (nSPS) is 24.2. The van der Waals surface area contributed by atoms with Crippen molar-refractivity contribution in [2.24, 2.45) is 11.8 Å². The molecule has 0 aromatic carbocycles. The van der Waals surface area contributed by atoms with Crippen molar-refractivity contribution < 1.29 is 9.59 Å². The molecule has 0 aromatic rings. The van der Waals surface area contributed by atoms with Gasteiger partial charge < -0.3 is 10.2 Å². The second-order valence-electron chi connectivity index (χ2n) is 5.61. The van der Waals surface area contributed by atoms with E-state index < -0.39 is 0 Å². The van der Waals surface area contributed by atoms with Gasteiger partial charge in [-0.2, -0.15) is 0 Å². The fourth-order valence-electron chi connectivity index (χ4n) is 2.72. The van der Waals surface area contributed by atoms with Gasteiger partial charge in [-0.05, 0) is 32.1 Å². The predicted octanol–water partition coefficient (Wildman–Crippen LogP) is 1.80. The van der Waals surface area contributed by atoms with Crippen LogP contribution in [0, 0.1) is 11.8 Å². The molecular weight excluding hydrogens is 228 g/mol. The second kappa shape index (κ2) is 6.76. The van der Waals surface area contributed by atoms with Gasteiger partial charge >= 0.3 is 0 Å². The molecule has 2 atom stereocenters. The Labute approximate surface area is 110 Å². The average Bonchev–Trinajstić information content (AvgIpc) is 2.27. The molecule has 0 aromatic heterocycles. The molecule has 18 heavy (non-hydrogen) atoms. The molecule has 1 N–H and O–H groups in total. The van der Waals surface area contributed by atoms with Gasteiger partial charge in [0.1, 0.15) is 0 Å². The number of piperidine rings is 1. The van der Waals surface area contributed by atoms with Gasteiger partial charge in [-0.15, -0.1) is 0 Å². The van der Waals surface area contributed by atoms with Crippen LogP contribution in [-0.4, -0.2) is 35.8 Å². The fraction of sp³-hybridized carbons (Fsp3) is 0.857. The minimum atomic E-state index is 0.143. The van der Waals surface area contributed by atoms with E-state index in [1.807, 2.05) is 18.7 Å². The molecule has 1 heterocycles. The van der Waals surface area contributed by atoms with E-state index in [2.05, 4.69) is 12.2 Å². The molecule has 4 heteroatoms. The molecule has 0 aliphatic carbocycles. The van der Waals surface area contributed by atoms with E-state index in [-0.39, 0.29) is 17.9 Å². The van der Waals surface area contributed by atoms with Gasteiger partial charge in [-0.3, -0.25) is 9.59 Å². The zero-order valence-electron chi connectivity index (χ0n) is 12.0. The van der Waals surface area contributed by atoms with E-state index in [1.165, 1.54) is 0 Å². The molecule has 1 saturated heterocycles. The van der Waals surface area contributed by atoms with Crippen molar-refractivity contribution in [3.63, 3.8) is 0 Å². The third-order valence-electron chi connectivity index (χ3n) is 3.76. The van der Waals surface area contributed by atoms with Crippen molar-refractivity contribution >= 4 is 11.8 Å². The van der Waals surface area contributed by atoms with E-state index >= 15 is 0 Å². The number of carbonyl (C=O) groups is 2. The van der Waals surface area contributed by atoms with E-state index in [0.29, 0.717) is 18.3 Å². The number of likely N-dealkylation sites (tertiary alicyclic amines) is 1. The third kappa shape index (κ3) is 4.31. The van der Waals surface area contributed by atoms with Crippen LogP contribution >= 0.6 is 0 Å². The Hall–Kier alpha value is -1.06. The SMILES string of the molecule is CCC1CN(C(C)=O)CCC1CC(=O)NC(C)C. The molecule has 0 spiro atoms. The highest BCUT2D eigenvalue weighted by atomic mass is 16.2. The van der Waals surface area contributed by atoms with Crippen LogP contribution in [0.5, 0.6) is 0 Å². The molecule has 2 amide bonds. The number of hydrogen-bond donors (Lipinski definition) is 1. The third-order valence-corrected chi connectivity index (χ3v) is 3.76. The van der Waals surface area contributed by atoms with Crippen molar-refractivity contribution in [1.29, 1.82) is 0 Å².